The van der Waals surface area contributed by atoms with Crippen molar-refractivity contribution < 1.29 is 5.11 Å². The van der Waals surface area contributed by atoms with Gasteiger partial charge in [0.05, 0.1) is 6.10 Å². The standard InChI is InChI=1S/C14H22O/c1-5-14(3,4)13(15)10-12-8-6-11(2)7-9-12/h6-9,13,15H,5,10H2,1-4H3. The van der Waals surface area contributed by atoms with Gasteiger partial charge in [-0.3, -0.25) is 0 Å². The van der Waals surface area contributed by atoms with Gasteiger partial charge < -0.3 is 5.11 Å². The maximum atomic E-state index is 10.1. The predicted octanol–water partition coefficient (Wildman–Crippen LogP) is 3.33. The molecule has 0 bridgehead atoms. The Morgan fingerprint density at radius 2 is 1.73 bits per heavy atom. The number of aliphatic hydroxyl groups excluding tert-OH is 1. The van der Waals surface area contributed by atoms with E-state index in [9.17, 15) is 5.11 Å². The van der Waals surface area contributed by atoms with Gasteiger partial charge in [0.2, 0.25) is 0 Å². The summed E-state index contributed by atoms with van der Waals surface area (Å²) in [6, 6.07) is 8.40. The second kappa shape index (κ2) is 4.80. The zero-order chi connectivity index (χ0) is 11.5. The summed E-state index contributed by atoms with van der Waals surface area (Å²) in [5, 5.41) is 10.1. The first kappa shape index (κ1) is 12.3. The zero-order valence-electron chi connectivity index (χ0n) is 10.2. The maximum Gasteiger partial charge on any atom is 0.0631 e. The van der Waals surface area contributed by atoms with Gasteiger partial charge in [0.1, 0.15) is 0 Å². The van der Waals surface area contributed by atoms with E-state index in [1.807, 2.05) is 0 Å². The molecule has 0 aliphatic carbocycles. The Bertz CT molecular complexity index is 298. The number of aliphatic hydroxyl groups is 1. The summed E-state index contributed by atoms with van der Waals surface area (Å²) >= 11 is 0. The van der Waals surface area contributed by atoms with Crippen LogP contribution in [0.1, 0.15) is 38.3 Å². The number of rotatable bonds is 4. The minimum absolute atomic E-state index is 0.00485. The molecule has 1 aromatic carbocycles. The molecule has 1 atom stereocenters. The summed E-state index contributed by atoms with van der Waals surface area (Å²) in [6.07, 6.45) is 1.49. The monoisotopic (exact) mass is 206 g/mol. The van der Waals surface area contributed by atoms with Crippen LogP contribution in [0.25, 0.3) is 0 Å². The molecule has 15 heavy (non-hydrogen) atoms. The van der Waals surface area contributed by atoms with Gasteiger partial charge in [-0.05, 0) is 30.7 Å². The molecule has 1 rings (SSSR count). The van der Waals surface area contributed by atoms with Crippen LogP contribution in [0.5, 0.6) is 0 Å². The fourth-order valence-electron chi connectivity index (χ4n) is 1.46. The van der Waals surface area contributed by atoms with Crippen molar-refractivity contribution in [3.63, 3.8) is 0 Å². The van der Waals surface area contributed by atoms with E-state index < -0.39 is 0 Å². The summed E-state index contributed by atoms with van der Waals surface area (Å²) in [5.41, 5.74) is 2.49. The van der Waals surface area contributed by atoms with E-state index in [1.165, 1.54) is 11.1 Å². The van der Waals surface area contributed by atoms with Crippen molar-refractivity contribution in [2.75, 3.05) is 0 Å². The average Bonchev–Trinajstić information content (AvgIpc) is 2.21. The van der Waals surface area contributed by atoms with E-state index in [1.54, 1.807) is 0 Å². The first-order chi connectivity index (χ1) is 6.95. The summed E-state index contributed by atoms with van der Waals surface area (Å²) in [6.45, 7) is 8.44. The Labute approximate surface area is 93.1 Å². The summed E-state index contributed by atoms with van der Waals surface area (Å²) in [4.78, 5) is 0. The van der Waals surface area contributed by atoms with Crippen molar-refractivity contribution in [1.29, 1.82) is 0 Å². The molecule has 1 aromatic rings. The van der Waals surface area contributed by atoms with E-state index in [0.717, 1.165) is 12.8 Å². The van der Waals surface area contributed by atoms with Gasteiger partial charge in [-0.2, -0.15) is 0 Å². The third kappa shape index (κ3) is 3.35. The third-order valence-electron chi connectivity index (χ3n) is 3.36. The highest BCUT2D eigenvalue weighted by molar-refractivity contribution is 5.22. The normalized spacial score (nSPS) is 13.9. The van der Waals surface area contributed by atoms with Crippen LogP contribution < -0.4 is 0 Å². The third-order valence-corrected chi connectivity index (χ3v) is 3.36. The summed E-state index contributed by atoms with van der Waals surface area (Å²) < 4.78 is 0. The molecule has 1 heteroatoms. The lowest BCUT2D eigenvalue weighted by atomic mass is 9.81. The minimum atomic E-state index is -0.259. The maximum absolute atomic E-state index is 10.1. The van der Waals surface area contributed by atoms with Crippen LogP contribution in [0.3, 0.4) is 0 Å². The van der Waals surface area contributed by atoms with Gasteiger partial charge in [0.25, 0.3) is 0 Å². The Balaban J connectivity index is 2.66. The van der Waals surface area contributed by atoms with Crippen LogP contribution in [0, 0.1) is 12.3 Å². The quantitative estimate of drug-likeness (QED) is 0.801. The number of hydrogen-bond donors (Lipinski definition) is 1. The summed E-state index contributed by atoms with van der Waals surface area (Å²) in [7, 11) is 0. The van der Waals surface area contributed by atoms with Crippen molar-refractivity contribution >= 4 is 0 Å². The van der Waals surface area contributed by atoms with Crippen LogP contribution in [0.4, 0.5) is 0 Å². The average molecular weight is 206 g/mol. The van der Waals surface area contributed by atoms with E-state index in [4.69, 9.17) is 0 Å². The van der Waals surface area contributed by atoms with E-state index in [0.29, 0.717) is 0 Å². The molecule has 1 nitrogen and oxygen atoms in total. The fraction of sp³-hybridized carbons (Fsp3) is 0.571. The second-order valence-electron chi connectivity index (χ2n) is 5.05. The molecule has 1 N–H and O–H groups in total. The highest BCUT2D eigenvalue weighted by Crippen LogP contribution is 2.27. The topological polar surface area (TPSA) is 20.2 Å². The van der Waals surface area contributed by atoms with Gasteiger partial charge in [-0.25, -0.2) is 0 Å². The molecule has 0 amide bonds. The molecule has 0 aromatic heterocycles. The van der Waals surface area contributed by atoms with Crippen molar-refractivity contribution in [3.05, 3.63) is 35.4 Å². The lowest BCUT2D eigenvalue weighted by molar-refractivity contribution is 0.0479. The molecule has 1 unspecified atom stereocenters. The smallest absolute Gasteiger partial charge is 0.0631 e. The predicted molar refractivity (Wildman–Crippen MR) is 65.0 cm³/mol. The fourth-order valence-corrected chi connectivity index (χ4v) is 1.46. The van der Waals surface area contributed by atoms with Crippen molar-refractivity contribution in [3.8, 4) is 0 Å². The SMILES string of the molecule is CCC(C)(C)C(O)Cc1ccc(C)cc1. The molecule has 0 radical (unpaired) electrons. The van der Waals surface area contributed by atoms with Crippen molar-refractivity contribution in [2.45, 2.75) is 46.6 Å². The number of aryl methyl sites for hydroxylation is 1. The van der Waals surface area contributed by atoms with Crippen molar-refractivity contribution in [1.82, 2.24) is 0 Å². The van der Waals surface area contributed by atoms with Crippen LogP contribution in [0.15, 0.2) is 24.3 Å². The first-order valence-electron chi connectivity index (χ1n) is 5.69. The highest BCUT2D eigenvalue weighted by Gasteiger charge is 2.25. The Morgan fingerprint density at radius 1 is 1.20 bits per heavy atom. The lowest BCUT2D eigenvalue weighted by Crippen LogP contribution is -2.30. The van der Waals surface area contributed by atoms with Gasteiger partial charge in [-0.1, -0.05) is 50.6 Å². The highest BCUT2D eigenvalue weighted by atomic mass is 16.3. The lowest BCUT2D eigenvalue weighted by Gasteiger charge is -2.29. The first-order valence-corrected chi connectivity index (χ1v) is 5.69. The van der Waals surface area contributed by atoms with Crippen LogP contribution in [-0.2, 0) is 6.42 Å². The number of benzene rings is 1. The van der Waals surface area contributed by atoms with Crippen molar-refractivity contribution in [2.24, 2.45) is 5.41 Å². The summed E-state index contributed by atoms with van der Waals surface area (Å²) in [5.74, 6) is 0. The molecule has 0 aliphatic rings. The molecule has 84 valence electrons. The van der Waals surface area contributed by atoms with Gasteiger partial charge >= 0.3 is 0 Å². The van der Waals surface area contributed by atoms with Gasteiger partial charge in [-0.15, -0.1) is 0 Å². The second-order valence-corrected chi connectivity index (χ2v) is 5.05. The van der Waals surface area contributed by atoms with E-state index in [-0.39, 0.29) is 11.5 Å². The molecule has 0 aliphatic heterocycles. The largest absolute Gasteiger partial charge is 0.392 e. The molecule has 0 saturated heterocycles. The minimum Gasteiger partial charge on any atom is -0.392 e. The molecule has 0 heterocycles. The Hall–Kier alpha value is -0.820. The van der Waals surface area contributed by atoms with Crippen LogP contribution >= 0.6 is 0 Å². The molecular weight excluding hydrogens is 184 g/mol. The van der Waals surface area contributed by atoms with Gasteiger partial charge in [0.15, 0.2) is 0 Å². The molecular formula is C14H22O. The van der Waals surface area contributed by atoms with E-state index in [2.05, 4.69) is 52.0 Å². The van der Waals surface area contributed by atoms with Crippen LogP contribution in [0.2, 0.25) is 0 Å². The number of hydrogen-bond acceptors (Lipinski definition) is 1. The molecule has 0 saturated carbocycles. The Morgan fingerprint density at radius 3 is 2.20 bits per heavy atom. The van der Waals surface area contributed by atoms with Gasteiger partial charge in [0, 0.05) is 0 Å². The zero-order valence-corrected chi connectivity index (χ0v) is 10.2. The molecule has 0 spiro atoms. The molecule has 0 fully saturated rings. The van der Waals surface area contributed by atoms with E-state index >= 15 is 0 Å². The Kier molecular flexibility index (Phi) is 3.92. The van der Waals surface area contributed by atoms with Crippen LogP contribution in [-0.4, -0.2) is 11.2 Å².